The number of allylic oxidation sites excluding steroid dienone is 2. The third-order valence-electron chi connectivity index (χ3n) is 0.908. The van der Waals surface area contributed by atoms with Crippen LogP contribution in [0.25, 0.3) is 0 Å². The normalized spacial score (nSPS) is 14.8. The van der Waals surface area contributed by atoms with Gasteiger partial charge in [0.25, 0.3) is 0 Å². The van der Waals surface area contributed by atoms with Gasteiger partial charge in [-0.3, -0.25) is 0 Å². The Bertz CT molecular complexity index is 57.4. The van der Waals surface area contributed by atoms with Crippen LogP contribution in [0.15, 0.2) is 12.2 Å². The fourth-order valence-corrected chi connectivity index (χ4v) is 0.589. The van der Waals surface area contributed by atoms with Gasteiger partial charge in [-0.05, 0) is 19.3 Å². The summed E-state index contributed by atoms with van der Waals surface area (Å²) in [4.78, 5) is 0. The van der Waals surface area contributed by atoms with Gasteiger partial charge in [-0.1, -0.05) is 12.2 Å². The summed E-state index contributed by atoms with van der Waals surface area (Å²) in [6, 6.07) is 0. The molecule has 1 rings (SSSR count). The summed E-state index contributed by atoms with van der Waals surface area (Å²) >= 11 is 0. The molecule has 0 aromatic carbocycles. The van der Waals surface area contributed by atoms with Gasteiger partial charge in [0.2, 0.25) is 0 Å². The third kappa shape index (κ3) is 5.72. The Labute approximate surface area is 50.2 Å². The van der Waals surface area contributed by atoms with E-state index in [1.165, 1.54) is 19.3 Å². The Hall–Kier alpha value is -0.275. The molecule has 46 valence electrons. The van der Waals surface area contributed by atoms with Crippen LogP contribution in [0.4, 0.5) is 0 Å². The molecule has 0 atom stereocenters. The van der Waals surface area contributed by atoms with Crippen LogP contribution >= 0.6 is 0 Å². The van der Waals surface area contributed by atoms with E-state index >= 15 is 0 Å². The Balaban J connectivity index is 0.000000145. The van der Waals surface area contributed by atoms with Crippen molar-refractivity contribution >= 4 is 7.69 Å². The highest BCUT2D eigenvalue weighted by Crippen LogP contribution is 2.05. The largest absolute Gasteiger partial charge is 0.432 e. The molecule has 0 saturated heterocycles. The third-order valence-corrected chi connectivity index (χ3v) is 0.908. The summed E-state index contributed by atoms with van der Waals surface area (Å²) in [7, 11) is -0.750. The second kappa shape index (κ2) is 6.72. The van der Waals surface area contributed by atoms with E-state index in [1.54, 1.807) is 0 Å². The number of rotatable bonds is 0. The Kier molecular flexibility index (Phi) is 6.49. The van der Waals surface area contributed by atoms with Crippen LogP contribution in [0, 0.1) is 0 Å². The zero-order valence-corrected chi connectivity index (χ0v) is 4.88. The van der Waals surface area contributed by atoms with Crippen LogP contribution in [0.5, 0.6) is 0 Å². The van der Waals surface area contributed by atoms with Gasteiger partial charge in [0.05, 0.1) is 0 Å². The minimum absolute atomic E-state index is 0.750. The highest BCUT2D eigenvalue weighted by atomic mass is 16.4. The fourth-order valence-electron chi connectivity index (χ4n) is 0.589. The van der Waals surface area contributed by atoms with Crippen LogP contribution in [-0.4, -0.2) is 17.7 Å². The van der Waals surface area contributed by atoms with Crippen molar-refractivity contribution in [1.29, 1.82) is 0 Å². The minimum Gasteiger partial charge on any atom is -0.430 e. The zero-order chi connectivity index (χ0) is 6.24. The average molecular weight is 114 g/mol. The van der Waals surface area contributed by atoms with Crippen molar-refractivity contribution in [2.45, 2.75) is 19.3 Å². The minimum atomic E-state index is -0.750. The topological polar surface area (TPSA) is 40.5 Å². The summed E-state index contributed by atoms with van der Waals surface area (Å²) in [6.45, 7) is 0. The van der Waals surface area contributed by atoms with E-state index in [2.05, 4.69) is 12.2 Å². The van der Waals surface area contributed by atoms with Gasteiger partial charge in [-0.25, -0.2) is 0 Å². The van der Waals surface area contributed by atoms with E-state index in [1.807, 2.05) is 0 Å². The van der Waals surface area contributed by atoms with Crippen molar-refractivity contribution in [2.75, 3.05) is 0 Å². The lowest BCUT2D eigenvalue weighted by Crippen LogP contribution is -1.75. The molecule has 1 aliphatic carbocycles. The smallest absolute Gasteiger partial charge is 0.430 e. The van der Waals surface area contributed by atoms with E-state index in [-0.39, 0.29) is 0 Å². The maximum atomic E-state index is 7.12. The van der Waals surface area contributed by atoms with Crippen molar-refractivity contribution in [2.24, 2.45) is 0 Å². The second-order valence-electron chi connectivity index (χ2n) is 1.54. The van der Waals surface area contributed by atoms with Gasteiger partial charge in [-0.2, -0.15) is 0 Å². The molecule has 0 aromatic heterocycles. The molecule has 8 heavy (non-hydrogen) atoms. The molecule has 0 fully saturated rings. The van der Waals surface area contributed by atoms with Crippen LogP contribution in [0.2, 0.25) is 0 Å². The van der Waals surface area contributed by atoms with Crippen LogP contribution in [0.1, 0.15) is 19.3 Å². The average Bonchev–Trinajstić information content (AvgIpc) is 2.17. The maximum Gasteiger partial charge on any atom is 0.432 e. The number of hydrogen-bond acceptors (Lipinski definition) is 2. The molecule has 0 heterocycles. The first-order valence-corrected chi connectivity index (χ1v) is 2.78. The molecule has 3 heteroatoms. The van der Waals surface area contributed by atoms with Gasteiger partial charge in [-0.15, -0.1) is 0 Å². The molecule has 0 amide bonds. The molecule has 0 aromatic rings. The first-order valence-electron chi connectivity index (χ1n) is 2.78. The summed E-state index contributed by atoms with van der Waals surface area (Å²) in [6.07, 6.45) is 8.50. The van der Waals surface area contributed by atoms with Crippen LogP contribution < -0.4 is 0 Å². The molecule has 0 unspecified atom stereocenters. The first kappa shape index (κ1) is 7.72. The molecule has 1 aliphatic rings. The monoisotopic (exact) mass is 114 g/mol. The number of hydrogen-bond donors (Lipinski definition) is 2. The zero-order valence-electron chi connectivity index (χ0n) is 4.88. The van der Waals surface area contributed by atoms with Gasteiger partial charge in [0.15, 0.2) is 0 Å². The molecule has 0 spiro atoms. The molecule has 0 saturated carbocycles. The summed E-state index contributed by atoms with van der Waals surface area (Å²) < 4.78 is 0. The SMILES string of the molecule is C1=CCCC1.OBO. The van der Waals surface area contributed by atoms with Crippen molar-refractivity contribution in [3.63, 3.8) is 0 Å². The van der Waals surface area contributed by atoms with Crippen molar-refractivity contribution < 1.29 is 10.0 Å². The summed E-state index contributed by atoms with van der Waals surface area (Å²) in [5, 5.41) is 14.2. The predicted octanol–water partition coefficient (Wildman–Crippen LogP) is -0.0360. The van der Waals surface area contributed by atoms with Gasteiger partial charge in [0, 0.05) is 0 Å². The highest BCUT2D eigenvalue weighted by molar-refractivity contribution is 6.13. The summed E-state index contributed by atoms with van der Waals surface area (Å²) in [5.41, 5.74) is 0. The standard InChI is InChI=1S/C5H8.BH3O2/c1-2-4-5-3-1;2-1-3/h1-2H,3-5H2;1-3H. The second-order valence-corrected chi connectivity index (χ2v) is 1.54. The van der Waals surface area contributed by atoms with E-state index < -0.39 is 7.69 Å². The lowest BCUT2D eigenvalue weighted by Gasteiger charge is -1.69. The lowest BCUT2D eigenvalue weighted by atomic mass is 10.4. The summed E-state index contributed by atoms with van der Waals surface area (Å²) in [5.74, 6) is 0. The van der Waals surface area contributed by atoms with Crippen molar-refractivity contribution in [3.8, 4) is 0 Å². The molecule has 0 radical (unpaired) electrons. The molecular formula is C5H11BO2. The molecular weight excluding hydrogens is 103 g/mol. The van der Waals surface area contributed by atoms with Crippen molar-refractivity contribution in [1.82, 2.24) is 0 Å². The van der Waals surface area contributed by atoms with E-state index in [0.717, 1.165) is 0 Å². The van der Waals surface area contributed by atoms with Gasteiger partial charge < -0.3 is 10.0 Å². The Morgan fingerprint density at radius 1 is 1.12 bits per heavy atom. The Morgan fingerprint density at radius 3 is 1.62 bits per heavy atom. The molecule has 0 aliphatic heterocycles. The lowest BCUT2D eigenvalue weighted by molar-refractivity contribution is 0.448. The molecule has 2 nitrogen and oxygen atoms in total. The van der Waals surface area contributed by atoms with Crippen LogP contribution in [0.3, 0.4) is 0 Å². The predicted molar refractivity (Wildman–Crippen MR) is 34.6 cm³/mol. The fraction of sp³-hybridized carbons (Fsp3) is 0.600. The first-order chi connectivity index (χ1) is 3.91. The maximum absolute atomic E-state index is 7.12. The van der Waals surface area contributed by atoms with E-state index in [0.29, 0.717) is 0 Å². The van der Waals surface area contributed by atoms with Gasteiger partial charge in [0.1, 0.15) is 0 Å². The van der Waals surface area contributed by atoms with E-state index in [9.17, 15) is 0 Å². The molecule has 2 N–H and O–H groups in total. The quantitative estimate of drug-likeness (QED) is 0.342. The highest BCUT2D eigenvalue weighted by Gasteiger charge is 1.84. The van der Waals surface area contributed by atoms with E-state index in [4.69, 9.17) is 10.0 Å². The molecule has 0 bridgehead atoms. The Morgan fingerprint density at radius 2 is 1.50 bits per heavy atom. The van der Waals surface area contributed by atoms with Crippen molar-refractivity contribution in [3.05, 3.63) is 12.2 Å². The van der Waals surface area contributed by atoms with Gasteiger partial charge >= 0.3 is 7.69 Å². The van der Waals surface area contributed by atoms with Crippen LogP contribution in [-0.2, 0) is 0 Å².